The van der Waals surface area contributed by atoms with Crippen LogP contribution in [0.1, 0.15) is 0 Å². The maximum atomic E-state index is 5.74. The molecule has 2 aromatic rings. The summed E-state index contributed by atoms with van der Waals surface area (Å²) in [6, 6.07) is 6.96. The van der Waals surface area contributed by atoms with Gasteiger partial charge >= 0.3 is 0 Å². The third-order valence-corrected chi connectivity index (χ3v) is 1.80. The number of nitrogen functional groups attached to an aromatic ring is 1. The normalized spacial score (nSPS) is 10.1. The minimum Gasteiger partial charge on any atom is -0.384 e. The first-order chi connectivity index (χ1) is 6.75. The van der Waals surface area contributed by atoms with Gasteiger partial charge in [0.1, 0.15) is 16.7 Å². The molecule has 0 spiro atoms. The maximum absolute atomic E-state index is 5.74. The second-order valence-electron chi connectivity index (χ2n) is 2.65. The molecule has 0 aromatic carbocycles. The third kappa shape index (κ3) is 1.80. The summed E-state index contributed by atoms with van der Waals surface area (Å²) < 4.78 is 0. The number of nitrogens with two attached hydrogens (primary N) is 1. The molecular formula is C9H7ClN4. The number of rotatable bonds is 1. The molecule has 0 saturated heterocycles. The molecule has 2 aromatic heterocycles. The van der Waals surface area contributed by atoms with Crippen LogP contribution in [0.25, 0.3) is 11.5 Å². The highest BCUT2D eigenvalue weighted by atomic mass is 35.5. The predicted octanol–water partition coefficient (Wildman–Crippen LogP) is 1.77. The van der Waals surface area contributed by atoms with E-state index in [4.69, 9.17) is 17.3 Å². The monoisotopic (exact) mass is 206 g/mol. The molecule has 5 heteroatoms. The van der Waals surface area contributed by atoms with Crippen LogP contribution in [-0.4, -0.2) is 15.0 Å². The van der Waals surface area contributed by atoms with Gasteiger partial charge in [-0.1, -0.05) is 17.7 Å². The summed E-state index contributed by atoms with van der Waals surface area (Å²) in [5, 5.41) is 0.318. The molecule has 0 saturated carbocycles. The van der Waals surface area contributed by atoms with Gasteiger partial charge < -0.3 is 5.73 Å². The Morgan fingerprint density at radius 1 is 1.21 bits per heavy atom. The van der Waals surface area contributed by atoms with Gasteiger partial charge in [0.05, 0.1) is 0 Å². The first-order valence-electron chi connectivity index (χ1n) is 3.97. The molecule has 14 heavy (non-hydrogen) atoms. The quantitative estimate of drug-likeness (QED) is 0.723. The Bertz CT molecular complexity index is 424. The van der Waals surface area contributed by atoms with Gasteiger partial charge in [-0.2, -0.15) is 0 Å². The van der Waals surface area contributed by atoms with Crippen LogP contribution in [0.3, 0.4) is 0 Å². The molecular weight excluding hydrogens is 200 g/mol. The zero-order valence-electron chi connectivity index (χ0n) is 7.18. The van der Waals surface area contributed by atoms with Crippen LogP contribution < -0.4 is 5.73 Å². The Balaban J connectivity index is 2.52. The largest absolute Gasteiger partial charge is 0.384 e. The average molecular weight is 207 g/mol. The highest BCUT2D eigenvalue weighted by Gasteiger charge is 2.04. The molecule has 0 atom stereocenters. The van der Waals surface area contributed by atoms with Crippen molar-refractivity contribution in [2.75, 3.05) is 5.73 Å². The van der Waals surface area contributed by atoms with Gasteiger partial charge in [-0.15, -0.1) is 0 Å². The number of nitrogens with zero attached hydrogens (tertiary/aromatic N) is 3. The van der Waals surface area contributed by atoms with Crippen molar-refractivity contribution in [3.63, 3.8) is 0 Å². The van der Waals surface area contributed by atoms with Crippen molar-refractivity contribution >= 4 is 17.4 Å². The van der Waals surface area contributed by atoms with Crippen molar-refractivity contribution in [2.45, 2.75) is 0 Å². The molecule has 0 fully saturated rings. The highest BCUT2D eigenvalue weighted by Crippen LogP contribution is 2.16. The van der Waals surface area contributed by atoms with E-state index in [1.54, 1.807) is 12.3 Å². The van der Waals surface area contributed by atoms with E-state index in [1.165, 1.54) is 6.07 Å². The molecule has 2 heterocycles. The Labute approximate surface area is 85.8 Å². The Morgan fingerprint density at radius 3 is 2.71 bits per heavy atom. The van der Waals surface area contributed by atoms with E-state index in [0.29, 0.717) is 22.5 Å². The third-order valence-electron chi connectivity index (χ3n) is 1.61. The minimum atomic E-state index is 0.318. The summed E-state index contributed by atoms with van der Waals surface area (Å²) in [7, 11) is 0. The van der Waals surface area contributed by atoms with E-state index in [1.807, 2.05) is 12.1 Å². The molecule has 0 aliphatic rings. The van der Waals surface area contributed by atoms with E-state index in [2.05, 4.69) is 15.0 Å². The molecule has 0 amide bonds. The van der Waals surface area contributed by atoms with Crippen LogP contribution in [0.15, 0.2) is 30.5 Å². The molecule has 0 bridgehead atoms. The SMILES string of the molecule is Nc1cc(Cl)nc(-c2ccccn2)n1. The zero-order chi connectivity index (χ0) is 9.97. The fraction of sp³-hybridized carbons (Fsp3) is 0. The second kappa shape index (κ2) is 3.59. The lowest BCUT2D eigenvalue weighted by molar-refractivity contribution is 1.15. The lowest BCUT2D eigenvalue weighted by Gasteiger charge is -2.00. The smallest absolute Gasteiger partial charge is 0.181 e. The van der Waals surface area contributed by atoms with Crippen molar-refractivity contribution in [1.29, 1.82) is 0 Å². The number of aromatic nitrogens is 3. The average Bonchev–Trinajstić information content (AvgIpc) is 2.18. The summed E-state index contributed by atoms with van der Waals surface area (Å²) in [5.41, 5.74) is 6.19. The summed E-state index contributed by atoms with van der Waals surface area (Å²) in [4.78, 5) is 12.1. The molecule has 2 N–H and O–H groups in total. The lowest BCUT2D eigenvalue weighted by atomic mass is 10.3. The molecule has 70 valence electrons. The summed E-state index contributed by atoms with van der Waals surface area (Å²) in [6.45, 7) is 0. The first-order valence-corrected chi connectivity index (χ1v) is 4.35. The van der Waals surface area contributed by atoms with Gasteiger partial charge in [0.25, 0.3) is 0 Å². The highest BCUT2D eigenvalue weighted by molar-refractivity contribution is 6.29. The lowest BCUT2D eigenvalue weighted by Crippen LogP contribution is -1.96. The van der Waals surface area contributed by atoms with Gasteiger partial charge in [0, 0.05) is 12.3 Å². The number of pyridine rings is 1. The maximum Gasteiger partial charge on any atom is 0.181 e. The number of anilines is 1. The van der Waals surface area contributed by atoms with Gasteiger partial charge in [-0.25, -0.2) is 9.97 Å². The standard InChI is InChI=1S/C9H7ClN4/c10-7-5-8(11)14-9(13-7)6-3-1-2-4-12-6/h1-5H,(H2,11,13,14). The molecule has 0 radical (unpaired) electrons. The molecule has 2 rings (SSSR count). The Kier molecular flexibility index (Phi) is 2.28. The van der Waals surface area contributed by atoms with Crippen LogP contribution in [0.5, 0.6) is 0 Å². The predicted molar refractivity (Wildman–Crippen MR) is 54.7 cm³/mol. The summed E-state index contributed by atoms with van der Waals surface area (Å²) in [5.74, 6) is 0.779. The topological polar surface area (TPSA) is 64.7 Å². The van der Waals surface area contributed by atoms with Crippen LogP contribution in [0.4, 0.5) is 5.82 Å². The summed E-state index contributed by atoms with van der Waals surface area (Å²) >= 11 is 5.74. The molecule has 0 aliphatic heterocycles. The van der Waals surface area contributed by atoms with Crippen molar-refractivity contribution in [1.82, 2.24) is 15.0 Å². The Morgan fingerprint density at radius 2 is 2.07 bits per heavy atom. The van der Waals surface area contributed by atoms with Crippen molar-refractivity contribution in [3.8, 4) is 11.5 Å². The van der Waals surface area contributed by atoms with Gasteiger partial charge in [0.2, 0.25) is 0 Å². The number of hydrogen-bond acceptors (Lipinski definition) is 4. The summed E-state index contributed by atoms with van der Waals surface area (Å²) in [6.07, 6.45) is 1.66. The van der Waals surface area contributed by atoms with E-state index >= 15 is 0 Å². The van der Waals surface area contributed by atoms with Gasteiger partial charge in [-0.05, 0) is 12.1 Å². The minimum absolute atomic E-state index is 0.318. The molecule has 4 nitrogen and oxygen atoms in total. The Hall–Kier alpha value is -1.68. The molecule has 0 unspecified atom stereocenters. The second-order valence-corrected chi connectivity index (χ2v) is 3.04. The number of halogens is 1. The van der Waals surface area contributed by atoms with Gasteiger partial charge in [-0.3, -0.25) is 4.98 Å². The van der Waals surface area contributed by atoms with E-state index in [0.717, 1.165) is 0 Å². The molecule has 0 aliphatic carbocycles. The van der Waals surface area contributed by atoms with Crippen LogP contribution >= 0.6 is 11.6 Å². The van der Waals surface area contributed by atoms with Crippen LogP contribution in [-0.2, 0) is 0 Å². The van der Waals surface area contributed by atoms with Crippen molar-refractivity contribution in [2.24, 2.45) is 0 Å². The fourth-order valence-corrected chi connectivity index (χ4v) is 1.24. The van der Waals surface area contributed by atoms with Crippen LogP contribution in [0.2, 0.25) is 5.15 Å². The van der Waals surface area contributed by atoms with E-state index in [9.17, 15) is 0 Å². The van der Waals surface area contributed by atoms with Crippen molar-refractivity contribution in [3.05, 3.63) is 35.6 Å². The number of hydrogen-bond donors (Lipinski definition) is 1. The van der Waals surface area contributed by atoms with Crippen LogP contribution in [0, 0.1) is 0 Å². The van der Waals surface area contributed by atoms with Gasteiger partial charge in [0.15, 0.2) is 5.82 Å². The van der Waals surface area contributed by atoms with E-state index in [-0.39, 0.29) is 0 Å². The first kappa shape index (κ1) is 8.90. The fourth-order valence-electron chi connectivity index (χ4n) is 1.04. The van der Waals surface area contributed by atoms with Crippen molar-refractivity contribution < 1.29 is 0 Å². The zero-order valence-corrected chi connectivity index (χ0v) is 7.94. The van der Waals surface area contributed by atoms with E-state index < -0.39 is 0 Å².